The van der Waals surface area contributed by atoms with E-state index in [0.29, 0.717) is 12.2 Å². The van der Waals surface area contributed by atoms with Crippen molar-refractivity contribution >= 4 is 0 Å². The zero-order valence-electron chi connectivity index (χ0n) is 8.37. The van der Waals surface area contributed by atoms with Crippen molar-refractivity contribution in [3.63, 3.8) is 0 Å². The first-order valence-electron chi connectivity index (χ1n) is 4.49. The number of benzene rings is 1. The monoisotopic (exact) mass is 177 g/mol. The van der Waals surface area contributed by atoms with Crippen molar-refractivity contribution in [2.24, 2.45) is 0 Å². The minimum Gasteiger partial charge on any atom is -0.494 e. The number of nitriles is 1. The van der Waals surface area contributed by atoms with Gasteiger partial charge in [-0.2, -0.15) is 5.26 Å². The Balaban J connectivity index is 0.000000671. The first-order valence-corrected chi connectivity index (χ1v) is 4.49. The average Bonchev–Trinajstić information content (AvgIpc) is 2.22. The quantitative estimate of drug-likeness (QED) is 0.695. The van der Waals surface area contributed by atoms with E-state index in [9.17, 15) is 0 Å². The van der Waals surface area contributed by atoms with Crippen LogP contribution < -0.4 is 4.74 Å². The third-order valence-electron chi connectivity index (χ3n) is 1.27. The van der Waals surface area contributed by atoms with Crippen LogP contribution in [0.15, 0.2) is 24.3 Å². The van der Waals surface area contributed by atoms with Gasteiger partial charge in [0, 0.05) is 0 Å². The van der Waals surface area contributed by atoms with E-state index in [2.05, 4.69) is 0 Å². The molecule has 0 atom stereocenters. The van der Waals surface area contributed by atoms with Crippen LogP contribution in [0.2, 0.25) is 0 Å². The van der Waals surface area contributed by atoms with Crippen LogP contribution in [0.4, 0.5) is 0 Å². The van der Waals surface area contributed by atoms with Gasteiger partial charge in [0.1, 0.15) is 5.75 Å². The Hall–Kier alpha value is -1.49. The second kappa shape index (κ2) is 7.17. The summed E-state index contributed by atoms with van der Waals surface area (Å²) in [6, 6.07) is 9.17. The molecule has 0 radical (unpaired) electrons. The van der Waals surface area contributed by atoms with Crippen LogP contribution in [0.25, 0.3) is 0 Å². The van der Waals surface area contributed by atoms with Crippen LogP contribution in [0.1, 0.15) is 26.3 Å². The zero-order valence-corrected chi connectivity index (χ0v) is 8.37. The molecule has 70 valence electrons. The molecular formula is C11H15NO. The van der Waals surface area contributed by atoms with Crippen molar-refractivity contribution in [3.8, 4) is 11.8 Å². The van der Waals surface area contributed by atoms with Crippen LogP contribution in [0.5, 0.6) is 5.75 Å². The highest BCUT2D eigenvalue weighted by Crippen LogP contribution is 2.11. The molecule has 0 aliphatic carbocycles. The summed E-state index contributed by atoms with van der Waals surface area (Å²) in [6.07, 6.45) is 0. The van der Waals surface area contributed by atoms with E-state index in [0.717, 1.165) is 5.75 Å². The zero-order chi connectivity index (χ0) is 10.1. The number of nitrogens with zero attached hydrogens (tertiary/aromatic N) is 1. The molecule has 0 N–H and O–H groups in total. The number of hydrogen-bond donors (Lipinski definition) is 0. The van der Waals surface area contributed by atoms with Gasteiger partial charge in [-0.05, 0) is 25.1 Å². The summed E-state index contributed by atoms with van der Waals surface area (Å²) < 4.78 is 5.20. The summed E-state index contributed by atoms with van der Waals surface area (Å²) in [5.74, 6) is 0.756. The molecule has 2 heteroatoms. The average molecular weight is 177 g/mol. The highest BCUT2D eigenvalue weighted by atomic mass is 16.5. The Kier molecular flexibility index (Phi) is 6.35. The fourth-order valence-electron chi connectivity index (χ4n) is 0.822. The van der Waals surface area contributed by atoms with E-state index >= 15 is 0 Å². The fraction of sp³-hybridized carbons (Fsp3) is 0.364. The fourth-order valence-corrected chi connectivity index (χ4v) is 0.822. The lowest BCUT2D eigenvalue weighted by Crippen LogP contribution is -1.90. The van der Waals surface area contributed by atoms with Crippen molar-refractivity contribution < 1.29 is 4.74 Å². The number of hydrogen-bond acceptors (Lipinski definition) is 2. The molecule has 13 heavy (non-hydrogen) atoms. The van der Waals surface area contributed by atoms with Crippen molar-refractivity contribution in [2.75, 3.05) is 6.61 Å². The molecule has 0 aromatic heterocycles. The van der Waals surface area contributed by atoms with Gasteiger partial charge in [0.2, 0.25) is 0 Å². The molecule has 0 heterocycles. The van der Waals surface area contributed by atoms with Crippen LogP contribution >= 0.6 is 0 Å². The summed E-state index contributed by atoms with van der Waals surface area (Å²) in [5, 5.41) is 8.52. The maximum atomic E-state index is 8.52. The first kappa shape index (κ1) is 11.5. The normalized spacial score (nSPS) is 7.85. The predicted molar refractivity (Wildman–Crippen MR) is 53.7 cm³/mol. The molecule has 0 saturated carbocycles. The highest BCUT2D eigenvalue weighted by molar-refractivity contribution is 5.36. The van der Waals surface area contributed by atoms with E-state index in [4.69, 9.17) is 10.00 Å². The van der Waals surface area contributed by atoms with E-state index < -0.39 is 0 Å². The van der Waals surface area contributed by atoms with E-state index in [1.54, 1.807) is 12.1 Å². The lowest BCUT2D eigenvalue weighted by atomic mass is 10.2. The third-order valence-corrected chi connectivity index (χ3v) is 1.27. The SMILES string of the molecule is CC.CCOc1cccc(C#N)c1. The largest absolute Gasteiger partial charge is 0.494 e. The maximum absolute atomic E-state index is 8.52. The Morgan fingerprint density at radius 1 is 1.38 bits per heavy atom. The summed E-state index contributed by atoms with van der Waals surface area (Å²) in [5.41, 5.74) is 0.635. The molecule has 0 spiro atoms. The van der Waals surface area contributed by atoms with Gasteiger partial charge in [-0.15, -0.1) is 0 Å². The van der Waals surface area contributed by atoms with Gasteiger partial charge in [-0.25, -0.2) is 0 Å². The second-order valence-corrected chi connectivity index (χ2v) is 2.07. The van der Waals surface area contributed by atoms with Gasteiger partial charge in [0.05, 0.1) is 18.2 Å². The van der Waals surface area contributed by atoms with Gasteiger partial charge in [-0.1, -0.05) is 19.9 Å². The van der Waals surface area contributed by atoms with E-state index in [-0.39, 0.29) is 0 Å². The minimum absolute atomic E-state index is 0.634. The summed E-state index contributed by atoms with van der Waals surface area (Å²) in [6.45, 7) is 6.55. The Morgan fingerprint density at radius 2 is 2.08 bits per heavy atom. The van der Waals surface area contributed by atoms with Gasteiger partial charge in [0.15, 0.2) is 0 Å². The number of rotatable bonds is 2. The highest BCUT2D eigenvalue weighted by Gasteiger charge is 1.92. The minimum atomic E-state index is 0.634. The molecule has 1 aromatic rings. The lowest BCUT2D eigenvalue weighted by Gasteiger charge is -2.00. The van der Waals surface area contributed by atoms with Crippen molar-refractivity contribution in [3.05, 3.63) is 29.8 Å². The lowest BCUT2D eigenvalue weighted by molar-refractivity contribution is 0.340. The molecule has 0 aliphatic heterocycles. The van der Waals surface area contributed by atoms with Crippen LogP contribution in [0.3, 0.4) is 0 Å². The molecular weight excluding hydrogens is 162 g/mol. The molecule has 1 aromatic carbocycles. The van der Waals surface area contributed by atoms with Gasteiger partial charge >= 0.3 is 0 Å². The molecule has 2 nitrogen and oxygen atoms in total. The van der Waals surface area contributed by atoms with Crippen LogP contribution in [-0.4, -0.2) is 6.61 Å². The first-order chi connectivity index (χ1) is 6.36. The summed E-state index contributed by atoms with van der Waals surface area (Å²) in [4.78, 5) is 0. The topological polar surface area (TPSA) is 33.0 Å². The molecule has 1 rings (SSSR count). The van der Waals surface area contributed by atoms with Crippen molar-refractivity contribution in [2.45, 2.75) is 20.8 Å². The molecule has 0 aliphatic rings. The maximum Gasteiger partial charge on any atom is 0.120 e. The van der Waals surface area contributed by atoms with E-state index in [1.807, 2.05) is 39.0 Å². The summed E-state index contributed by atoms with van der Waals surface area (Å²) in [7, 11) is 0. The molecule has 0 bridgehead atoms. The second-order valence-electron chi connectivity index (χ2n) is 2.07. The smallest absolute Gasteiger partial charge is 0.120 e. The number of ether oxygens (including phenoxy) is 1. The predicted octanol–water partition coefficient (Wildman–Crippen LogP) is 2.98. The third kappa shape index (κ3) is 4.17. The molecule has 0 saturated heterocycles. The molecule has 0 fully saturated rings. The Bertz CT molecular complexity index is 276. The van der Waals surface area contributed by atoms with Crippen molar-refractivity contribution in [1.82, 2.24) is 0 Å². The van der Waals surface area contributed by atoms with Gasteiger partial charge in [0.25, 0.3) is 0 Å². The van der Waals surface area contributed by atoms with Gasteiger partial charge < -0.3 is 4.74 Å². The van der Waals surface area contributed by atoms with Gasteiger partial charge in [-0.3, -0.25) is 0 Å². The standard InChI is InChI=1S/C9H9NO.C2H6/c1-2-11-9-5-3-4-8(6-9)7-10;1-2/h3-6H,2H2,1H3;1-2H3. The van der Waals surface area contributed by atoms with Crippen LogP contribution in [-0.2, 0) is 0 Å². The van der Waals surface area contributed by atoms with Crippen molar-refractivity contribution in [1.29, 1.82) is 5.26 Å². The Labute approximate surface area is 79.8 Å². The van der Waals surface area contributed by atoms with E-state index in [1.165, 1.54) is 0 Å². The molecule has 0 amide bonds. The van der Waals surface area contributed by atoms with Crippen LogP contribution in [0, 0.1) is 11.3 Å². The Morgan fingerprint density at radius 3 is 2.62 bits per heavy atom. The molecule has 0 unspecified atom stereocenters. The summed E-state index contributed by atoms with van der Waals surface area (Å²) >= 11 is 0.